The number of carbonyl (C=O) groups excluding carboxylic acids is 1. The number of pyridine rings is 1. The molecule has 1 aromatic heterocycles. The number of nitrogens with two attached hydrogens (primary N) is 1. The summed E-state index contributed by atoms with van der Waals surface area (Å²) in [6.07, 6.45) is 5.51. The third kappa shape index (κ3) is 2.64. The molecule has 0 bridgehead atoms. The molecule has 0 unspecified atom stereocenters. The van der Waals surface area contributed by atoms with Gasteiger partial charge in [-0.05, 0) is 25.0 Å². The van der Waals surface area contributed by atoms with Crippen molar-refractivity contribution in [2.75, 3.05) is 13.1 Å². The molecule has 92 valence electrons. The highest BCUT2D eigenvalue weighted by Gasteiger charge is 2.42. The summed E-state index contributed by atoms with van der Waals surface area (Å²) in [4.78, 5) is 16.2. The number of carbonyl (C=O) groups is 1. The molecule has 1 heterocycles. The van der Waals surface area contributed by atoms with Gasteiger partial charge in [-0.15, -0.1) is 0 Å². The first-order valence-electron chi connectivity index (χ1n) is 6.15. The number of nitrogens with zero attached hydrogens (tertiary/aromatic N) is 1. The third-order valence-electron chi connectivity index (χ3n) is 3.58. The van der Waals surface area contributed by atoms with E-state index in [0.29, 0.717) is 13.1 Å². The highest BCUT2D eigenvalue weighted by molar-refractivity contribution is 5.83. The molecule has 17 heavy (non-hydrogen) atoms. The van der Waals surface area contributed by atoms with Crippen LogP contribution in [0.1, 0.15) is 25.0 Å². The molecule has 1 amide bonds. The topological polar surface area (TPSA) is 68.0 Å². The zero-order valence-electron chi connectivity index (χ0n) is 9.98. The van der Waals surface area contributed by atoms with E-state index in [9.17, 15) is 4.79 Å². The lowest BCUT2D eigenvalue weighted by Crippen LogP contribution is -2.50. The first-order valence-corrected chi connectivity index (χ1v) is 6.15. The van der Waals surface area contributed by atoms with E-state index in [1.54, 1.807) is 6.20 Å². The van der Waals surface area contributed by atoms with E-state index >= 15 is 0 Å². The molecular weight excluding hydrogens is 214 g/mol. The molecule has 4 heteroatoms. The Bertz CT molecular complexity index is 368. The number of aromatic nitrogens is 1. The van der Waals surface area contributed by atoms with Crippen molar-refractivity contribution in [3.63, 3.8) is 0 Å². The molecule has 0 aromatic carbocycles. The number of hydrogen-bond acceptors (Lipinski definition) is 3. The van der Waals surface area contributed by atoms with Crippen molar-refractivity contribution < 1.29 is 4.79 Å². The van der Waals surface area contributed by atoms with Crippen LogP contribution in [0.2, 0.25) is 0 Å². The normalized spacial score (nSPS) is 17.2. The van der Waals surface area contributed by atoms with Crippen LogP contribution in [-0.4, -0.2) is 24.0 Å². The molecule has 1 aromatic rings. The van der Waals surface area contributed by atoms with E-state index in [0.717, 1.165) is 31.4 Å². The van der Waals surface area contributed by atoms with Crippen LogP contribution in [0.4, 0.5) is 0 Å². The number of hydrogen-bond donors (Lipinski definition) is 2. The fraction of sp³-hybridized carbons (Fsp3) is 0.538. The Morgan fingerprint density at radius 1 is 1.47 bits per heavy atom. The fourth-order valence-corrected chi connectivity index (χ4v) is 2.17. The van der Waals surface area contributed by atoms with Gasteiger partial charge in [0, 0.05) is 31.4 Å². The van der Waals surface area contributed by atoms with Gasteiger partial charge in [-0.25, -0.2) is 0 Å². The molecule has 0 radical (unpaired) electrons. The Morgan fingerprint density at radius 3 is 2.82 bits per heavy atom. The number of rotatable bonds is 5. The van der Waals surface area contributed by atoms with Gasteiger partial charge in [0.2, 0.25) is 5.91 Å². The SMILES string of the molecule is NCC1(C(=O)NCCc2ccccn2)CCC1. The van der Waals surface area contributed by atoms with Crippen molar-refractivity contribution in [2.24, 2.45) is 11.1 Å². The molecule has 4 nitrogen and oxygen atoms in total. The lowest BCUT2D eigenvalue weighted by Gasteiger charge is -2.39. The van der Waals surface area contributed by atoms with Crippen LogP contribution in [0.3, 0.4) is 0 Å². The third-order valence-corrected chi connectivity index (χ3v) is 3.58. The standard InChI is InChI=1S/C13H19N3O/c14-10-13(6-3-7-13)12(17)16-9-5-11-4-1-2-8-15-11/h1-2,4,8H,3,5-7,9-10,14H2,(H,16,17). The van der Waals surface area contributed by atoms with Crippen molar-refractivity contribution in [3.05, 3.63) is 30.1 Å². The second kappa shape index (κ2) is 5.27. The maximum absolute atomic E-state index is 12.0. The van der Waals surface area contributed by atoms with Gasteiger partial charge in [-0.2, -0.15) is 0 Å². The average Bonchev–Trinajstić information content (AvgIpc) is 2.30. The van der Waals surface area contributed by atoms with Crippen LogP contribution in [0.15, 0.2) is 24.4 Å². The van der Waals surface area contributed by atoms with Crippen molar-refractivity contribution in [2.45, 2.75) is 25.7 Å². The van der Waals surface area contributed by atoms with Gasteiger partial charge in [0.1, 0.15) is 0 Å². The molecule has 1 aliphatic rings. The Balaban J connectivity index is 1.77. The number of amides is 1. The first kappa shape index (κ1) is 12.0. The van der Waals surface area contributed by atoms with Gasteiger partial charge in [0.05, 0.1) is 5.41 Å². The van der Waals surface area contributed by atoms with E-state index in [-0.39, 0.29) is 11.3 Å². The van der Waals surface area contributed by atoms with Crippen LogP contribution in [0.5, 0.6) is 0 Å². The van der Waals surface area contributed by atoms with Crippen LogP contribution in [0.25, 0.3) is 0 Å². The quantitative estimate of drug-likeness (QED) is 0.793. The summed E-state index contributed by atoms with van der Waals surface area (Å²) in [5.41, 5.74) is 6.41. The van der Waals surface area contributed by atoms with Crippen molar-refractivity contribution >= 4 is 5.91 Å². The predicted molar refractivity (Wildman–Crippen MR) is 66.3 cm³/mol. The largest absolute Gasteiger partial charge is 0.355 e. The maximum atomic E-state index is 12.0. The lowest BCUT2D eigenvalue weighted by molar-refractivity contribution is -0.135. The summed E-state index contributed by atoms with van der Waals surface area (Å²) in [7, 11) is 0. The Labute approximate surface area is 102 Å². The predicted octanol–water partition coefficient (Wildman–Crippen LogP) is 0.869. The minimum absolute atomic E-state index is 0.113. The minimum Gasteiger partial charge on any atom is -0.355 e. The summed E-state index contributed by atoms with van der Waals surface area (Å²) in [5.74, 6) is 0.113. The Morgan fingerprint density at radius 2 is 2.29 bits per heavy atom. The molecule has 3 N–H and O–H groups in total. The van der Waals surface area contributed by atoms with Crippen molar-refractivity contribution in [3.8, 4) is 0 Å². The average molecular weight is 233 g/mol. The fourth-order valence-electron chi connectivity index (χ4n) is 2.17. The summed E-state index contributed by atoms with van der Waals surface area (Å²) in [6.45, 7) is 1.10. The van der Waals surface area contributed by atoms with Crippen molar-refractivity contribution in [1.29, 1.82) is 0 Å². The zero-order chi connectivity index (χ0) is 12.1. The number of nitrogens with one attached hydrogen (secondary N) is 1. The highest BCUT2D eigenvalue weighted by atomic mass is 16.2. The van der Waals surface area contributed by atoms with Gasteiger partial charge in [-0.1, -0.05) is 12.5 Å². The van der Waals surface area contributed by atoms with Crippen LogP contribution in [-0.2, 0) is 11.2 Å². The second-order valence-electron chi connectivity index (χ2n) is 4.66. The van der Waals surface area contributed by atoms with E-state index in [4.69, 9.17) is 5.73 Å². The second-order valence-corrected chi connectivity index (χ2v) is 4.66. The molecule has 2 rings (SSSR count). The molecule has 0 spiro atoms. The van der Waals surface area contributed by atoms with E-state index in [1.165, 1.54) is 0 Å². The molecule has 1 saturated carbocycles. The van der Waals surface area contributed by atoms with Crippen molar-refractivity contribution in [1.82, 2.24) is 10.3 Å². The van der Waals surface area contributed by atoms with Crippen LogP contribution in [0, 0.1) is 5.41 Å². The van der Waals surface area contributed by atoms with Gasteiger partial charge in [0.25, 0.3) is 0 Å². The molecule has 1 fully saturated rings. The molecule has 0 aliphatic heterocycles. The maximum Gasteiger partial charge on any atom is 0.227 e. The highest BCUT2D eigenvalue weighted by Crippen LogP contribution is 2.39. The molecular formula is C13H19N3O. The van der Waals surface area contributed by atoms with Gasteiger partial charge in [0.15, 0.2) is 0 Å². The molecule has 0 atom stereocenters. The Hall–Kier alpha value is -1.42. The summed E-state index contributed by atoms with van der Waals surface area (Å²) < 4.78 is 0. The van der Waals surface area contributed by atoms with Crippen LogP contribution >= 0.6 is 0 Å². The van der Waals surface area contributed by atoms with E-state index in [1.807, 2.05) is 18.2 Å². The van der Waals surface area contributed by atoms with Gasteiger partial charge < -0.3 is 11.1 Å². The minimum atomic E-state index is -0.274. The van der Waals surface area contributed by atoms with Gasteiger partial charge in [-0.3, -0.25) is 9.78 Å². The van der Waals surface area contributed by atoms with Gasteiger partial charge >= 0.3 is 0 Å². The zero-order valence-corrected chi connectivity index (χ0v) is 9.98. The smallest absolute Gasteiger partial charge is 0.227 e. The Kier molecular flexibility index (Phi) is 3.74. The van der Waals surface area contributed by atoms with Crippen LogP contribution < -0.4 is 11.1 Å². The summed E-state index contributed by atoms with van der Waals surface area (Å²) in [6, 6.07) is 5.81. The molecule has 1 aliphatic carbocycles. The van der Waals surface area contributed by atoms with E-state index < -0.39 is 0 Å². The monoisotopic (exact) mass is 233 g/mol. The first-order chi connectivity index (χ1) is 8.27. The summed E-state index contributed by atoms with van der Waals surface area (Å²) >= 11 is 0. The lowest BCUT2D eigenvalue weighted by atomic mass is 9.68. The molecule has 0 saturated heterocycles. The van der Waals surface area contributed by atoms with E-state index in [2.05, 4.69) is 10.3 Å². The summed E-state index contributed by atoms with van der Waals surface area (Å²) in [5, 5.41) is 2.97.